The largest absolute Gasteiger partial charge is 4.00 e. The van der Waals surface area contributed by atoms with Crippen molar-refractivity contribution in [3.63, 3.8) is 0 Å². The van der Waals surface area contributed by atoms with Crippen LogP contribution in [0.1, 0.15) is 0 Å². The zero-order chi connectivity index (χ0) is 0. The molecule has 0 aliphatic heterocycles. The van der Waals surface area contributed by atoms with Crippen molar-refractivity contribution in [2.45, 2.75) is 0 Å². The summed E-state index contributed by atoms with van der Waals surface area (Å²) in [5.41, 5.74) is 0. The Labute approximate surface area is 181 Å². The van der Waals surface area contributed by atoms with E-state index in [4.69, 9.17) is 0 Å². The summed E-state index contributed by atoms with van der Waals surface area (Å²) in [6, 6.07) is 0. The van der Waals surface area contributed by atoms with Crippen LogP contribution >= 0.6 is 0 Å². The van der Waals surface area contributed by atoms with Gasteiger partial charge in [0.15, 0.2) is 0 Å². The van der Waals surface area contributed by atoms with E-state index in [9.17, 15) is 0 Å². The van der Waals surface area contributed by atoms with Gasteiger partial charge in [0, 0.05) is 0 Å². The Morgan fingerprint density at radius 1 is 0.267 bits per heavy atom. The Kier molecular flexibility index (Phi) is 7910. The molecule has 0 saturated heterocycles. The molecule has 0 atom stereocenters. The normalized spacial score (nSPS) is 0. The Morgan fingerprint density at radius 2 is 0.267 bits per heavy atom. The minimum absolute atomic E-state index is 0. The van der Waals surface area contributed by atoms with Crippen molar-refractivity contribution in [3.05, 3.63) is 0 Å². The van der Waals surface area contributed by atoms with Crippen LogP contribution in [0.15, 0.2) is 0 Å². The summed E-state index contributed by atoms with van der Waals surface area (Å²) >= 11 is 0. The second-order valence-electron chi connectivity index (χ2n) is 0. The molecule has 0 bridgehead atoms. The molecule has 0 aromatic rings. The van der Waals surface area contributed by atoms with Crippen LogP contribution in [0.3, 0.4) is 0 Å². The SMILES string of the molecule is [Bi+3].[Bi+3].[O-2].[O-2].[O-2].[O-2].[O-2].[O-2].[O-2].[O-2].[O-2].[Ti+4].[Ti+4].[Zn+2].[Zn+2]. The van der Waals surface area contributed by atoms with E-state index in [0.29, 0.717) is 0 Å². The first-order valence-electron chi connectivity index (χ1n) is 0. The third-order valence-electron chi connectivity index (χ3n) is 0. The van der Waals surface area contributed by atoms with Gasteiger partial charge in [-0.3, -0.25) is 0 Å². The summed E-state index contributed by atoms with van der Waals surface area (Å²) in [6.07, 6.45) is 0. The molecule has 15 heteroatoms. The monoisotopic (exact) mass is 786 g/mol. The zero-order valence-corrected chi connectivity index (χ0v) is 23.0. The molecule has 0 aromatic heterocycles. The van der Waals surface area contributed by atoms with Crippen LogP contribution in [0.25, 0.3) is 0 Å². The van der Waals surface area contributed by atoms with Crippen LogP contribution in [-0.4, -0.2) is 52.4 Å². The maximum Gasteiger partial charge on any atom is 4.00 e. The topological polar surface area (TPSA) is 256 Å². The molecule has 0 saturated carbocycles. The quantitative estimate of drug-likeness (QED) is 0.245. The van der Waals surface area contributed by atoms with Gasteiger partial charge in [-0.2, -0.15) is 0 Å². The molecule has 4 radical (unpaired) electrons. The van der Waals surface area contributed by atoms with Gasteiger partial charge < -0.3 is 49.3 Å². The van der Waals surface area contributed by atoms with Crippen molar-refractivity contribution in [2.75, 3.05) is 0 Å². The predicted molar refractivity (Wildman–Crippen MR) is 17.7 cm³/mol. The summed E-state index contributed by atoms with van der Waals surface area (Å²) in [6.45, 7) is 0. The Morgan fingerprint density at radius 3 is 0.267 bits per heavy atom. The van der Waals surface area contributed by atoms with E-state index in [1.165, 1.54) is 0 Å². The van der Waals surface area contributed by atoms with Crippen LogP contribution in [0, 0.1) is 0 Å². The summed E-state index contributed by atoms with van der Waals surface area (Å²) in [5.74, 6) is 0. The van der Waals surface area contributed by atoms with Crippen molar-refractivity contribution < 1.29 is 132 Å². The molecule has 0 amide bonds. The van der Waals surface area contributed by atoms with Gasteiger partial charge in [-0.15, -0.1) is 0 Å². The van der Waals surface area contributed by atoms with Gasteiger partial charge in [0.1, 0.15) is 0 Å². The van der Waals surface area contributed by atoms with Gasteiger partial charge in [0.05, 0.1) is 0 Å². The molecule has 0 heterocycles. The average molecular weight is 788 g/mol. The first kappa shape index (κ1) is 374. The summed E-state index contributed by atoms with van der Waals surface area (Å²) in [4.78, 5) is 0. The van der Waals surface area contributed by atoms with Gasteiger partial charge in [0.25, 0.3) is 0 Å². The maximum absolute atomic E-state index is 0. The third kappa shape index (κ3) is 281. The molecule has 0 rings (SSSR count). The first-order chi connectivity index (χ1) is 0. The number of hydrogen-bond donors (Lipinski definition) is 0. The Bertz CT molecular complexity index is 24.1. The van der Waals surface area contributed by atoms with E-state index in [0.717, 1.165) is 0 Å². The molecule has 0 N–H and O–H groups in total. The Hall–Kier alpha value is 4.08. The average Bonchev–Trinajstić information content (AvgIpc) is 0. The van der Waals surface area contributed by atoms with Crippen molar-refractivity contribution in [1.29, 1.82) is 0 Å². The van der Waals surface area contributed by atoms with Crippen molar-refractivity contribution in [3.8, 4) is 0 Å². The van der Waals surface area contributed by atoms with Gasteiger partial charge in [-0.25, -0.2) is 0 Å². The van der Waals surface area contributed by atoms with Gasteiger partial charge in [-0.05, 0) is 0 Å². The van der Waals surface area contributed by atoms with Crippen molar-refractivity contribution in [2.24, 2.45) is 0 Å². The number of hydrogen-bond acceptors (Lipinski definition) is 0. The molecular weight excluding hydrogens is 788 g/mol. The molecule has 0 fully saturated rings. The fourth-order valence-corrected chi connectivity index (χ4v) is 0. The summed E-state index contributed by atoms with van der Waals surface area (Å²) in [5, 5.41) is 0. The molecule has 0 spiro atoms. The molecule has 15 heavy (non-hydrogen) atoms. The molecule has 76 valence electrons. The van der Waals surface area contributed by atoms with Gasteiger partial charge in [-0.1, -0.05) is 0 Å². The van der Waals surface area contributed by atoms with Crippen LogP contribution in [0.4, 0.5) is 0 Å². The van der Waals surface area contributed by atoms with Crippen LogP contribution in [0.2, 0.25) is 0 Å². The van der Waals surface area contributed by atoms with Crippen LogP contribution in [-0.2, 0) is 132 Å². The molecular formula is Bi2O9Ti2Zn2. The van der Waals surface area contributed by atoms with Crippen molar-refractivity contribution in [1.82, 2.24) is 0 Å². The predicted octanol–water partition coefficient (Wildman–Crippen LogP) is -1.84. The minimum atomic E-state index is 0. The second-order valence-corrected chi connectivity index (χ2v) is 0. The van der Waals surface area contributed by atoms with Crippen LogP contribution in [0.5, 0.6) is 0 Å². The fraction of sp³-hybridized carbons (Fsp3) is 0. The molecule has 9 nitrogen and oxygen atoms in total. The maximum atomic E-state index is 0. The zero-order valence-electron chi connectivity index (χ0n) is 6.98. The van der Waals surface area contributed by atoms with E-state index >= 15 is 0 Å². The van der Waals surface area contributed by atoms with E-state index in [2.05, 4.69) is 0 Å². The standard InChI is InChI=1S/2Bi.9O.2Ti.2Zn/q2*+3;9*-2;2*+4;2*+2. The first-order valence-corrected chi connectivity index (χ1v) is 0. The van der Waals surface area contributed by atoms with E-state index in [-0.39, 0.29) is 184 Å². The molecule has 0 aliphatic carbocycles. The Balaban J connectivity index is 0. The molecule has 0 unspecified atom stereocenters. The second kappa shape index (κ2) is 317. The van der Waals surface area contributed by atoms with Gasteiger partial charge >= 0.3 is 135 Å². The fourth-order valence-electron chi connectivity index (χ4n) is 0. The van der Waals surface area contributed by atoms with E-state index in [1.807, 2.05) is 0 Å². The third-order valence-corrected chi connectivity index (χ3v) is 0. The smallest absolute Gasteiger partial charge is 2.00 e. The van der Waals surface area contributed by atoms with Gasteiger partial charge in [0.2, 0.25) is 0 Å². The summed E-state index contributed by atoms with van der Waals surface area (Å²) in [7, 11) is 0. The molecule has 0 aromatic carbocycles. The molecule has 0 aliphatic rings. The van der Waals surface area contributed by atoms with Crippen molar-refractivity contribution >= 4 is 52.4 Å². The van der Waals surface area contributed by atoms with E-state index < -0.39 is 0 Å². The number of rotatable bonds is 0. The van der Waals surface area contributed by atoms with E-state index in [1.54, 1.807) is 0 Å². The van der Waals surface area contributed by atoms with Crippen LogP contribution < -0.4 is 0 Å². The minimum Gasteiger partial charge on any atom is -2.00 e. The summed E-state index contributed by atoms with van der Waals surface area (Å²) < 4.78 is 0.